The lowest BCUT2D eigenvalue weighted by Crippen LogP contribution is -2.12. The van der Waals surface area contributed by atoms with Crippen LogP contribution in [0.4, 0.5) is 5.69 Å². The van der Waals surface area contributed by atoms with Crippen molar-refractivity contribution in [3.05, 3.63) is 52.5 Å². The molecule has 0 atom stereocenters. The second-order valence-electron chi connectivity index (χ2n) is 4.33. The van der Waals surface area contributed by atoms with Gasteiger partial charge in [-0.15, -0.1) is 0 Å². The number of fused-ring (bicyclic) bond motifs is 1. The SMILES string of the molecule is Cc1c(Cl)cccc1NC(=O)c1ccc2nsnc2c1. The lowest BCUT2D eigenvalue weighted by molar-refractivity contribution is 0.102. The van der Waals surface area contributed by atoms with Gasteiger partial charge in [-0.25, -0.2) is 0 Å². The highest BCUT2D eigenvalue weighted by atomic mass is 35.5. The average Bonchev–Trinajstić information content (AvgIpc) is 2.91. The quantitative estimate of drug-likeness (QED) is 0.781. The van der Waals surface area contributed by atoms with Crippen LogP contribution in [0.1, 0.15) is 15.9 Å². The summed E-state index contributed by atoms with van der Waals surface area (Å²) in [4.78, 5) is 12.2. The van der Waals surface area contributed by atoms with Gasteiger partial charge in [0.15, 0.2) is 0 Å². The Hall–Kier alpha value is -1.98. The standard InChI is InChI=1S/C14H10ClN3OS/c1-8-10(15)3-2-4-11(8)16-14(19)9-5-6-12-13(7-9)18-20-17-12/h2-7H,1H3,(H,16,19). The molecule has 3 rings (SSSR count). The number of benzene rings is 2. The largest absolute Gasteiger partial charge is 0.322 e. The summed E-state index contributed by atoms with van der Waals surface area (Å²) in [6.07, 6.45) is 0. The Balaban J connectivity index is 1.90. The first-order valence-electron chi connectivity index (χ1n) is 5.94. The number of anilines is 1. The highest BCUT2D eigenvalue weighted by Gasteiger charge is 2.10. The summed E-state index contributed by atoms with van der Waals surface area (Å²) in [5.41, 5.74) is 3.62. The van der Waals surface area contributed by atoms with Gasteiger partial charge in [-0.3, -0.25) is 4.79 Å². The topological polar surface area (TPSA) is 54.9 Å². The highest BCUT2D eigenvalue weighted by molar-refractivity contribution is 7.00. The maximum absolute atomic E-state index is 12.2. The Bertz CT molecular complexity index is 800. The van der Waals surface area contributed by atoms with Crippen molar-refractivity contribution >= 4 is 46.0 Å². The molecule has 6 heteroatoms. The molecule has 0 saturated heterocycles. The summed E-state index contributed by atoms with van der Waals surface area (Å²) in [6.45, 7) is 1.87. The molecular weight excluding hydrogens is 294 g/mol. The predicted molar refractivity (Wildman–Crippen MR) is 81.6 cm³/mol. The summed E-state index contributed by atoms with van der Waals surface area (Å²) < 4.78 is 8.24. The number of nitrogens with zero attached hydrogens (tertiary/aromatic N) is 2. The molecule has 0 aliphatic carbocycles. The molecule has 0 saturated carbocycles. The van der Waals surface area contributed by atoms with Crippen molar-refractivity contribution < 1.29 is 4.79 Å². The molecule has 1 amide bonds. The Morgan fingerprint density at radius 2 is 2.00 bits per heavy atom. The monoisotopic (exact) mass is 303 g/mol. The van der Waals surface area contributed by atoms with E-state index in [1.165, 1.54) is 0 Å². The number of hydrogen-bond acceptors (Lipinski definition) is 4. The van der Waals surface area contributed by atoms with E-state index in [1.54, 1.807) is 30.3 Å². The third-order valence-electron chi connectivity index (χ3n) is 3.03. The van der Waals surface area contributed by atoms with Crippen molar-refractivity contribution in [2.45, 2.75) is 6.92 Å². The van der Waals surface area contributed by atoms with Crippen LogP contribution in [0.2, 0.25) is 5.02 Å². The van der Waals surface area contributed by atoms with Gasteiger partial charge in [-0.2, -0.15) is 8.75 Å². The summed E-state index contributed by atoms with van der Waals surface area (Å²) in [5.74, 6) is -0.190. The van der Waals surface area contributed by atoms with Crippen LogP contribution in [0.5, 0.6) is 0 Å². The minimum Gasteiger partial charge on any atom is -0.322 e. The molecule has 1 aromatic heterocycles. The molecule has 0 aliphatic rings. The second kappa shape index (κ2) is 5.19. The van der Waals surface area contributed by atoms with Gasteiger partial charge in [-0.1, -0.05) is 17.7 Å². The Morgan fingerprint density at radius 3 is 2.85 bits per heavy atom. The van der Waals surface area contributed by atoms with Crippen LogP contribution in [-0.2, 0) is 0 Å². The lowest BCUT2D eigenvalue weighted by Gasteiger charge is -2.09. The minimum atomic E-state index is -0.190. The molecule has 0 radical (unpaired) electrons. The number of rotatable bonds is 2. The molecule has 20 heavy (non-hydrogen) atoms. The third-order valence-corrected chi connectivity index (χ3v) is 4.00. The zero-order valence-electron chi connectivity index (χ0n) is 10.6. The Labute approximate surface area is 124 Å². The fourth-order valence-electron chi connectivity index (χ4n) is 1.86. The molecule has 0 spiro atoms. The van der Waals surface area contributed by atoms with Gasteiger partial charge in [0.05, 0.1) is 11.7 Å². The van der Waals surface area contributed by atoms with Crippen LogP contribution in [0, 0.1) is 6.92 Å². The zero-order chi connectivity index (χ0) is 14.1. The van der Waals surface area contributed by atoms with E-state index in [1.807, 2.05) is 13.0 Å². The molecule has 3 aromatic rings. The van der Waals surface area contributed by atoms with Crippen LogP contribution in [0.15, 0.2) is 36.4 Å². The van der Waals surface area contributed by atoms with Gasteiger partial charge in [0.25, 0.3) is 5.91 Å². The smallest absolute Gasteiger partial charge is 0.255 e. The van der Waals surface area contributed by atoms with Crippen molar-refractivity contribution in [3.63, 3.8) is 0 Å². The molecule has 4 nitrogen and oxygen atoms in total. The van der Waals surface area contributed by atoms with E-state index < -0.39 is 0 Å². The van der Waals surface area contributed by atoms with Gasteiger partial charge in [0.2, 0.25) is 0 Å². The van der Waals surface area contributed by atoms with E-state index in [9.17, 15) is 4.79 Å². The molecule has 1 N–H and O–H groups in total. The maximum atomic E-state index is 12.2. The van der Waals surface area contributed by atoms with Crippen LogP contribution in [-0.4, -0.2) is 14.7 Å². The molecular formula is C14H10ClN3OS. The number of carbonyl (C=O) groups is 1. The van der Waals surface area contributed by atoms with E-state index in [2.05, 4.69) is 14.1 Å². The summed E-state index contributed by atoms with van der Waals surface area (Å²) >= 11 is 7.17. The van der Waals surface area contributed by atoms with Crippen molar-refractivity contribution in [3.8, 4) is 0 Å². The van der Waals surface area contributed by atoms with Gasteiger partial charge in [-0.05, 0) is 42.8 Å². The summed E-state index contributed by atoms with van der Waals surface area (Å²) in [6, 6.07) is 10.7. The number of halogens is 1. The zero-order valence-corrected chi connectivity index (χ0v) is 12.1. The van der Waals surface area contributed by atoms with E-state index in [0.717, 1.165) is 28.3 Å². The normalized spacial score (nSPS) is 10.7. The first kappa shape index (κ1) is 13.0. The number of hydrogen-bond donors (Lipinski definition) is 1. The van der Waals surface area contributed by atoms with Crippen molar-refractivity contribution in [1.29, 1.82) is 0 Å². The first-order valence-corrected chi connectivity index (χ1v) is 7.05. The molecule has 0 aliphatic heterocycles. The Morgan fingerprint density at radius 1 is 1.20 bits per heavy atom. The molecule has 0 unspecified atom stereocenters. The molecule has 0 bridgehead atoms. The lowest BCUT2D eigenvalue weighted by atomic mass is 10.1. The van der Waals surface area contributed by atoms with Gasteiger partial charge in [0, 0.05) is 16.3 Å². The van der Waals surface area contributed by atoms with E-state index >= 15 is 0 Å². The second-order valence-corrected chi connectivity index (χ2v) is 5.27. The Kier molecular flexibility index (Phi) is 3.38. The maximum Gasteiger partial charge on any atom is 0.255 e. The highest BCUT2D eigenvalue weighted by Crippen LogP contribution is 2.23. The fraction of sp³-hybridized carbons (Fsp3) is 0.0714. The number of amides is 1. The predicted octanol–water partition coefficient (Wildman–Crippen LogP) is 3.91. The van der Waals surface area contributed by atoms with Gasteiger partial charge >= 0.3 is 0 Å². The minimum absolute atomic E-state index is 0.190. The van der Waals surface area contributed by atoms with Crippen LogP contribution in [0.3, 0.4) is 0 Å². The third kappa shape index (κ3) is 2.37. The number of carbonyl (C=O) groups excluding carboxylic acids is 1. The number of aromatic nitrogens is 2. The van der Waals surface area contributed by atoms with Crippen LogP contribution >= 0.6 is 23.3 Å². The van der Waals surface area contributed by atoms with Gasteiger partial charge < -0.3 is 5.32 Å². The summed E-state index contributed by atoms with van der Waals surface area (Å²) in [7, 11) is 0. The van der Waals surface area contributed by atoms with Crippen LogP contribution < -0.4 is 5.32 Å². The fourth-order valence-corrected chi connectivity index (χ4v) is 2.55. The molecule has 2 aromatic carbocycles. The van der Waals surface area contributed by atoms with E-state index in [0.29, 0.717) is 16.3 Å². The van der Waals surface area contributed by atoms with E-state index in [-0.39, 0.29) is 5.91 Å². The first-order chi connectivity index (χ1) is 9.65. The molecule has 0 fully saturated rings. The van der Waals surface area contributed by atoms with Crippen molar-refractivity contribution in [1.82, 2.24) is 8.75 Å². The number of nitrogens with one attached hydrogen (secondary N) is 1. The average molecular weight is 304 g/mol. The molecule has 100 valence electrons. The molecule has 1 heterocycles. The summed E-state index contributed by atoms with van der Waals surface area (Å²) in [5, 5.41) is 3.48. The van der Waals surface area contributed by atoms with Crippen molar-refractivity contribution in [2.24, 2.45) is 0 Å². The van der Waals surface area contributed by atoms with Crippen LogP contribution in [0.25, 0.3) is 11.0 Å². The van der Waals surface area contributed by atoms with Crippen molar-refractivity contribution in [2.75, 3.05) is 5.32 Å². The van der Waals surface area contributed by atoms with Gasteiger partial charge in [0.1, 0.15) is 11.0 Å². The van der Waals surface area contributed by atoms with E-state index in [4.69, 9.17) is 11.6 Å².